The summed E-state index contributed by atoms with van der Waals surface area (Å²) in [5.41, 5.74) is 1.48. The second-order valence-corrected chi connectivity index (χ2v) is 11.0. The predicted octanol–water partition coefficient (Wildman–Crippen LogP) is 2.49. The second-order valence-electron chi connectivity index (χ2n) is 8.79. The SMILES string of the molecule is CNC(=O)N1CCC(CC(C(=O)Nc2cnc(C)cn2)c2ccc(S(=O)(=O)C3CC3)cc2)C1. The van der Waals surface area contributed by atoms with Gasteiger partial charge in [-0.2, -0.15) is 0 Å². The van der Waals surface area contributed by atoms with E-state index in [-0.39, 0.29) is 23.1 Å². The van der Waals surface area contributed by atoms with Crippen LogP contribution in [0.25, 0.3) is 0 Å². The van der Waals surface area contributed by atoms with Crippen molar-refractivity contribution in [2.24, 2.45) is 5.92 Å². The highest BCUT2D eigenvalue weighted by atomic mass is 32.2. The molecule has 4 rings (SSSR count). The van der Waals surface area contributed by atoms with Gasteiger partial charge in [-0.1, -0.05) is 12.1 Å². The first kappa shape index (κ1) is 23.2. The summed E-state index contributed by atoms with van der Waals surface area (Å²) in [5.74, 6) is -0.233. The van der Waals surface area contributed by atoms with Gasteiger partial charge in [-0.25, -0.2) is 18.2 Å². The van der Waals surface area contributed by atoms with E-state index in [1.807, 2.05) is 6.92 Å². The Morgan fingerprint density at radius 1 is 1.12 bits per heavy atom. The molecular formula is C23H29N5O4S. The van der Waals surface area contributed by atoms with Gasteiger partial charge >= 0.3 is 6.03 Å². The van der Waals surface area contributed by atoms with Crippen molar-refractivity contribution in [2.45, 2.75) is 48.7 Å². The summed E-state index contributed by atoms with van der Waals surface area (Å²) in [6.45, 7) is 3.03. The molecule has 1 aromatic carbocycles. The zero-order chi connectivity index (χ0) is 23.6. The zero-order valence-electron chi connectivity index (χ0n) is 18.8. The fourth-order valence-corrected chi connectivity index (χ4v) is 5.88. The third kappa shape index (κ3) is 5.32. The number of nitrogens with one attached hydrogen (secondary N) is 2. The number of carbonyl (C=O) groups excluding carboxylic acids is 2. The molecule has 9 nitrogen and oxygen atoms in total. The van der Waals surface area contributed by atoms with Gasteiger partial charge in [0, 0.05) is 20.1 Å². The van der Waals surface area contributed by atoms with Gasteiger partial charge in [-0.15, -0.1) is 0 Å². The number of nitrogens with zero attached hydrogens (tertiary/aromatic N) is 3. The molecule has 1 saturated heterocycles. The lowest BCUT2D eigenvalue weighted by molar-refractivity contribution is -0.118. The Hall–Kier alpha value is -3.01. The lowest BCUT2D eigenvalue weighted by Gasteiger charge is -2.21. The third-order valence-electron chi connectivity index (χ3n) is 6.28. The van der Waals surface area contributed by atoms with Crippen molar-refractivity contribution in [1.82, 2.24) is 20.2 Å². The maximum absolute atomic E-state index is 13.3. The van der Waals surface area contributed by atoms with E-state index < -0.39 is 15.8 Å². The third-order valence-corrected chi connectivity index (χ3v) is 8.56. The molecule has 2 atom stereocenters. The molecule has 1 aliphatic carbocycles. The predicted molar refractivity (Wildman–Crippen MR) is 124 cm³/mol. The van der Waals surface area contributed by atoms with Crippen molar-refractivity contribution in [3.8, 4) is 0 Å². The Balaban J connectivity index is 1.54. The van der Waals surface area contributed by atoms with Crippen LogP contribution in [0.5, 0.6) is 0 Å². The fourth-order valence-electron chi connectivity index (χ4n) is 4.23. The van der Waals surface area contributed by atoms with Crippen LogP contribution in [0.2, 0.25) is 0 Å². The highest BCUT2D eigenvalue weighted by Gasteiger charge is 2.37. The largest absolute Gasteiger partial charge is 0.341 e. The number of hydrogen-bond acceptors (Lipinski definition) is 6. The number of rotatable bonds is 7. The summed E-state index contributed by atoms with van der Waals surface area (Å²) in [5, 5.41) is 5.20. The number of hydrogen-bond donors (Lipinski definition) is 2. The van der Waals surface area contributed by atoms with Gasteiger partial charge in [0.15, 0.2) is 15.7 Å². The molecule has 0 bridgehead atoms. The number of urea groups is 1. The zero-order valence-corrected chi connectivity index (χ0v) is 19.6. The van der Waals surface area contributed by atoms with Crippen LogP contribution in [0.4, 0.5) is 10.6 Å². The smallest absolute Gasteiger partial charge is 0.317 e. The number of anilines is 1. The topological polar surface area (TPSA) is 121 Å². The lowest BCUT2D eigenvalue weighted by atomic mass is 9.87. The van der Waals surface area contributed by atoms with Crippen LogP contribution in [0.3, 0.4) is 0 Å². The van der Waals surface area contributed by atoms with Crippen molar-refractivity contribution in [3.63, 3.8) is 0 Å². The summed E-state index contributed by atoms with van der Waals surface area (Å²) in [4.78, 5) is 35.7. The van der Waals surface area contributed by atoms with E-state index in [0.29, 0.717) is 43.1 Å². The second kappa shape index (κ2) is 9.46. The average molecular weight is 472 g/mol. The van der Waals surface area contributed by atoms with E-state index in [1.165, 1.54) is 6.20 Å². The fraction of sp³-hybridized carbons (Fsp3) is 0.478. The van der Waals surface area contributed by atoms with Gasteiger partial charge < -0.3 is 15.5 Å². The molecule has 2 heterocycles. The van der Waals surface area contributed by atoms with E-state index >= 15 is 0 Å². The number of benzene rings is 1. The molecule has 2 aliphatic rings. The summed E-state index contributed by atoms with van der Waals surface area (Å²) in [7, 11) is -1.69. The average Bonchev–Trinajstić information content (AvgIpc) is 3.58. The van der Waals surface area contributed by atoms with Crippen LogP contribution in [0.1, 0.15) is 42.9 Å². The molecule has 2 fully saturated rings. The van der Waals surface area contributed by atoms with Crippen LogP contribution < -0.4 is 10.6 Å². The molecule has 10 heteroatoms. The Bertz CT molecular complexity index is 1110. The summed E-state index contributed by atoms with van der Waals surface area (Å²) in [6, 6.07) is 6.53. The molecule has 2 N–H and O–H groups in total. The number of carbonyl (C=O) groups is 2. The van der Waals surface area contributed by atoms with Gasteiger partial charge in [0.2, 0.25) is 5.91 Å². The van der Waals surface area contributed by atoms with Crippen molar-refractivity contribution >= 4 is 27.6 Å². The molecule has 176 valence electrons. The van der Waals surface area contributed by atoms with Gasteiger partial charge in [0.05, 0.1) is 34.2 Å². The van der Waals surface area contributed by atoms with Crippen molar-refractivity contribution in [1.29, 1.82) is 0 Å². The van der Waals surface area contributed by atoms with E-state index in [9.17, 15) is 18.0 Å². The maximum atomic E-state index is 13.3. The molecule has 33 heavy (non-hydrogen) atoms. The Labute approximate surface area is 193 Å². The standard InChI is InChI=1S/C23H29N5O4S/c1-15-12-26-21(13-25-15)27-22(29)20(11-16-9-10-28(14-16)23(30)24-2)17-3-5-18(6-4-17)33(31,32)19-7-8-19/h3-6,12-13,16,19-20H,7-11,14H2,1-2H3,(H,24,30)(H,26,27,29). The van der Waals surface area contributed by atoms with Crippen molar-refractivity contribution < 1.29 is 18.0 Å². The Kier molecular flexibility index (Phi) is 6.64. The minimum atomic E-state index is -3.29. The number of aromatic nitrogens is 2. The van der Waals surface area contributed by atoms with Crippen molar-refractivity contribution in [3.05, 3.63) is 47.9 Å². The highest BCUT2D eigenvalue weighted by Crippen LogP contribution is 2.35. The van der Waals surface area contributed by atoms with E-state index in [0.717, 1.165) is 17.7 Å². The summed E-state index contributed by atoms with van der Waals surface area (Å²) < 4.78 is 25.1. The molecule has 1 aromatic heterocycles. The van der Waals surface area contributed by atoms with Crippen molar-refractivity contribution in [2.75, 3.05) is 25.5 Å². The first-order valence-corrected chi connectivity index (χ1v) is 12.7. The molecule has 1 saturated carbocycles. The number of sulfone groups is 1. The first-order chi connectivity index (χ1) is 15.8. The molecule has 0 spiro atoms. The quantitative estimate of drug-likeness (QED) is 0.640. The minimum Gasteiger partial charge on any atom is -0.341 e. The Morgan fingerprint density at radius 3 is 2.45 bits per heavy atom. The van der Waals surface area contributed by atoms with E-state index in [4.69, 9.17) is 0 Å². The first-order valence-electron chi connectivity index (χ1n) is 11.2. The molecule has 3 amide bonds. The van der Waals surface area contributed by atoms with Gasteiger partial charge in [-0.05, 0) is 56.2 Å². The van der Waals surface area contributed by atoms with Crippen LogP contribution >= 0.6 is 0 Å². The van der Waals surface area contributed by atoms with Crippen LogP contribution in [0, 0.1) is 12.8 Å². The highest BCUT2D eigenvalue weighted by molar-refractivity contribution is 7.92. The Morgan fingerprint density at radius 2 is 1.85 bits per heavy atom. The van der Waals surface area contributed by atoms with Crippen LogP contribution in [0.15, 0.2) is 41.6 Å². The van der Waals surface area contributed by atoms with Gasteiger partial charge in [0.25, 0.3) is 0 Å². The molecule has 0 radical (unpaired) electrons. The lowest BCUT2D eigenvalue weighted by Crippen LogP contribution is -2.36. The molecular weight excluding hydrogens is 442 g/mol. The van der Waals surface area contributed by atoms with E-state index in [1.54, 1.807) is 42.4 Å². The summed E-state index contributed by atoms with van der Waals surface area (Å²) in [6.07, 6.45) is 5.84. The van der Waals surface area contributed by atoms with Crippen LogP contribution in [-0.2, 0) is 14.6 Å². The van der Waals surface area contributed by atoms with Gasteiger partial charge in [-0.3, -0.25) is 9.78 Å². The minimum absolute atomic E-state index is 0.122. The molecule has 2 aromatic rings. The van der Waals surface area contributed by atoms with E-state index in [2.05, 4.69) is 20.6 Å². The maximum Gasteiger partial charge on any atom is 0.317 e. The molecule has 1 aliphatic heterocycles. The molecule has 2 unspecified atom stereocenters. The van der Waals surface area contributed by atoms with Gasteiger partial charge in [0.1, 0.15) is 0 Å². The number of likely N-dealkylation sites (tertiary alicyclic amines) is 1. The number of aryl methyl sites for hydroxylation is 1. The monoisotopic (exact) mass is 471 g/mol. The van der Waals surface area contributed by atoms with Crippen LogP contribution in [-0.4, -0.2) is 60.6 Å². The normalized spacial score (nSPS) is 19.2. The number of amides is 3. The summed E-state index contributed by atoms with van der Waals surface area (Å²) >= 11 is 0.